The van der Waals surface area contributed by atoms with Gasteiger partial charge in [0.05, 0.1) is 0 Å². The molecule has 0 radical (unpaired) electrons. The van der Waals surface area contributed by atoms with Crippen molar-refractivity contribution in [2.45, 2.75) is 52.4 Å². The Kier molecular flexibility index (Phi) is 2.21. The molecule has 3 atom stereocenters. The highest BCUT2D eigenvalue weighted by molar-refractivity contribution is 5.87. The van der Waals surface area contributed by atoms with Gasteiger partial charge in [0.1, 0.15) is 5.78 Å². The molecule has 1 heteroatoms. The first-order chi connectivity index (χ1) is 6.18. The van der Waals surface area contributed by atoms with Gasteiger partial charge in [0.2, 0.25) is 0 Å². The van der Waals surface area contributed by atoms with Crippen molar-refractivity contribution in [3.05, 3.63) is 0 Å². The highest BCUT2D eigenvalue weighted by atomic mass is 16.1. The second-order valence-corrected chi connectivity index (χ2v) is 5.05. The molecule has 0 N–H and O–H groups in total. The van der Waals surface area contributed by atoms with E-state index in [0.29, 0.717) is 5.78 Å². The molecule has 0 saturated heterocycles. The fourth-order valence-electron chi connectivity index (χ4n) is 3.60. The van der Waals surface area contributed by atoms with Crippen LogP contribution in [0.4, 0.5) is 0 Å². The Balaban J connectivity index is 2.22. The normalized spacial score (nSPS) is 44.9. The summed E-state index contributed by atoms with van der Waals surface area (Å²) < 4.78 is 0. The molecule has 0 heterocycles. The van der Waals surface area contributed by atoms with E-state index in [0.717, 1.165) is 24.7 Å². The first-order valence-corrected chi connectivity index (χ1v) is 5.72. The predicted molar refractivity (Wildman–Crippen MR) is 53.5 cm³/mol. The lowest BCUT2D eigenvalue weighted by molar-refractivity contribution is -0.128. The van der Waals surface area contributed by atoms with Crippen LogP contribution in [0.2, 0.25) is 0 Å². The van der Waals surface area contributed by atoms with Crippen LogP contribution in [0.1, 0.15) is 52.4 Å². The Morgan fingerprint density at radius 2 is 2.23 bits per heavy atom. The van der Waals surface area contributed by atoms with Crippen molar-refractivity contribution in [3.8, 4) is 0 Å². The van der Waals surface area contributed by atoms with Gasteiger partial charge in [-0.1, -0.05) is 33.1 Å². The summed E-state index contributed by atoms with van der Waals surface area (Å²) in [5.74, 6) is 2.11. The summed E-state index contributed by atoms with van der Waals surface area (Å²) in [6.07, 6.45) is 7.10. The van der Waals surface area contributed by atoms with Crippen molar-refractivity contribution >= 4 is 5.78 Å². The van der Waals surface area contributed by atoms with E-state index in [-0.39, 0.29) is 5.41 Å². The van der Waals surface area contributed by atoms with Crippen molar-refractivity contribution in [2.75, 3.05) is 0 Å². The van der Waals surface area contributed by atoms with Gasteiger partial charge in [-0.2, -0.15) is 0 Å². The van der Waals surface area contributed by atoms with E-state index in [1.54, 1.807) is 0 Å². The number of carbonyl (C=O) groups excluding carboxylic acids is 1. The molecule has 2 aliphatic carbocycles. The molecule has 3 unspecified atom stereocenters. The van der Waals surface area contributed by atoms with Crippen LogP contribution in [0.3, 0.4) is 0 Å². The predicted octanol–water partition coefficient (Wildman–Crippen LogP) is 3.18. The number of hydrogen-bond acceptors (Lipinski definition) is 1. The number of Topliss-reactive ketones (excluding diaryl/α,β-unsaturated/α-hetero) is 1. The van der Waals surface area contributed by atoms with Crippen LogP contribution in [0.5, 0.6) is 0 Å². The maximum absolute atomic E-state index is 11.8. The third-order valence-corrected chi connectivity index (χ3v) is 4.50. The molecular weight excluding hydrogens is 160 g/mol. The molecule has 13 heavy (non-hydrogen) atoms. The minimum atomic E-state index is 0.0823. The fraction of sp³-hybridized carbons (Fsp3) is 0.917. The van der Waals surface area contributed by atoms with Gasteiger partial charge in [-0.15, -0.1) is 0 Å². The number of carbonyl (C=O) groups is 1. The van der Waals surface area contributed by atoms with E-state index in [2.05, 4.69) is 13.8 Å². The van der Waals surface area contributed by atoms with Crippen LogP contribution in [0, 0.1) is 17.3 Å². The van der Waals surface area contributed by atoms with E-state index in [1.165, 1.54) is 25.7 Å². The second-order valence-electron chi connectivity index (χ2n) is 5.05. The van der Waals surface area contributed by atoms with Crippen LogP contribution >= 0.6 is 0 Å². The standard InChI is InChI=1S/C12H20O/c1-3-9-5-4-8-12(2)10(9)6-7-11(12)13/h9-10H,3-8H2,1-2H3. The monoisotopic (exact) mass is 180 g/mol. The summed E-state index contributed by atoms with van der Waals surface area (Å²) >= 11 is 0. The lowest BCUT2D eigenvalue weighted by Crippen LogP contribution is -2.36. The maximum Gasteiger partial charge on any atom is 0.139 e. The Bertz CT molecular complexity index is 221. The van der Waals surface area contributed by atoms with Crippen molar-refractivity contribution in [1.29, 1.82) is 0 Å². The highest BCUT2D eigenvalue weighted by Gasteiger charge is 2.49. The average molecular weight is 180 g/mol. The molecule has 0 bridgehead atoms. The van der Waals surface area contributed by atoms with Crippen molar-refractivity contribution < 1.29 is 4.79 Å². The summed E-state index contributed by atoms with van der Waals surface area (Å²) in [6.45, 7) is 4.49. The molecule has 2 aliphatic rings. The van der Waals surface area contributed by atoms with E-state index < -0.39 is 0 Å². The Morgan fingerprint density at radius 3 is 2.92 bits per heavy atom. The van der Waals surface area contributed by atoms with E-state index in [1.807, 2.05) is 0 Å². The molecular formula is C12H20O. The van der Waals surface area contributed by atoms with Gasteiger partial charge in [0.15, 0.2) is 0 Å². The third kappa shape index (κ3) is 1.24. The largest absolute Gasteiger partial charge is 0.299 e. The fourth-order valence-corrected chi connectivity index (χ4v) is 3.60. The summed E-state index contributed by atoms with van der Waals surface area (Å²) in [4.78, 5) is 11.8. The van der Waals surface area contributed by atoms with Gasteiger partial charge in [-0.25, -0.2) is 0 Å². The zero-order valence-electron chi connectivity index (χ0n) is 8.81. The van der Waals surface area contributed by atoms with Crippen LogP contribution in [-0.2, 0) is 4.79 Å². The topological polar surface area (TPSA) is 17.1 Å². The zero-order valence-corrected chi connectivity index (χ0v) is 8.81. The molecule has 2 saturated carbocycles. The van der Waals surface area contributed by atoms with Gasteiger partial charge in [-0.3, -0.25) is 4.79 Å². The molecule has 0 spiro atoms. The Hall–Kier alpha value is -0.330. The minimum Gasteiger partial charge on any atom is -0.299 e. The third-order valence-electron chi connectivity index (χ3n) is 4.50. The molecule has 0 aromatic rings. The molecule has 0 aliphatic heterocycles. The molecule has 2 fully saturated rings. The molecule has 74 valence electrons. The molecule has 1 nitrogen and oxygen atoms in total. The zero-order chi connectivity index (χ0) is 9.47. The lowest BCUT2D eigenvalue weighted by Gasteiger charge is -2.40. The van der Waals surface area contributed by atoms with Gasteiger partial charge < -0.3 is 0 Å². The Morgan fingerprint density at radius 1 is 1.46 bits per heavy atom. The average Bonchev–Trinajstić information content (AvgIpc) is 2.43. The first kappa shape index (κ1) is 9.23. The smallest absolute Gasteiger partial charge is 0.139 e. The number of rotatable bonds is 1. The van der Waals surface area contributed by atoms with Gasteiger partial charge in [0, 0.05) is 11.8 Å². The van der Waals surface area contributed by atoms with Crippen LogP contribution < -0.4 is 0 Å². The van der Waals surface area contributed by atoms with E-state index in [9.17, 15) is 4.79 Å². The van der Waals surface area contributed by atoms with Crippen molar-refractivity contribution in [2.24, 2.45) is 17.3 Å². The lowest BCUT2D eigenvalue weighted by atomic mass is 9.63. The number of fused-ring (bicyclic) bond motifs is 1. The van der Waals surface area contributed by atoms with Crippen LogP contribution in [-0.4, -0.2) is 5.78 Å². The summed E-state index contributed by atoms with van der Waals surface area (Å²) in [7, 11) is 0. The SMILES string of the molecule is CCC1CCCC2(C)C(=O)CCC12. The van der Waals surface area contributed by atoms with Crippen LogP contribution in [0.15, 0.2) is 0 Å². The second kappa shape index (κ2) is 3.11. The first-order valence-electron chi connectivity index (χ1n) is 5.72. The van der Waals surface area contributed by atoms with E-state index >= 15 is 0 Å². The quantitative estimate of drug-likeness (QED) is 0.605. The molecule has 0 aromatic carbocycles. The maximum atomic E-state index is 11.8. The molecule has 0 amide bonds. The van der Waals surface area contributed by atoms with Gasteiger partial charge >= 0.3 is 0 Å². The van der Waals surface area contributed by atoms with Crippen LogP contribution in [0.25, 0.3) is 0 Å². The summed E-state index contributed by atoms with van der Waals surface area (Å²) in [5.41, 5.74) is 0.0823. The Labute approximate surface area is 80.9 Å². The van der Waals surface area contributed by atoms with E-state index in [4.69, 9.17) is 0 Å². The number of hydrogen-bond donors (Lipinski definition) is 0. The van der Waals surface area contributed by atoms with Crippen molar-refractivity contribution in [3.63, 3.8) is 0 Å². The van der Waals surface area contributed by atoms with Gasteiger partial charge in [-0.05, 0) is 24.7 Å². The molecule has 0 aromatic heterocycles. The van der Waals surface area contributed by atoms with Crippen molar-refractivity contribution in [1.82, 2.24) is 0 Å². The summed E-state index contributed by atoms with van der Waals surface area (Å²) in [5, 5.41) is 0. The highest BCUT2D eigenvalue weighted by Crippen LogP contribution is 2.52. The molecule has 2 rings (SSSR count). The minimum absolute atomic E-state index is 0.0823. The van der Waals surface area contributed by atoms with Gasteiger partial charge in [0.25, 0.3) is 0 Å². The number of ketones is 1. The summed E-state index contributed by atoms with van der Waals surface area (Å²) in [6, 6.07) is 0.